The molecule has 4 heterocycles. The molecular formula is C13H13F3N8. The molecule has 0 amide bonds. The van der Waals surface area contributed by atoms with Crippen molar-refractivity contribution >= 4 is 11.5 Å². The van der Waals surface area contributed by atoms with E-state index in [-0.39, 0.29) is 11.7 Å². The summed E-state index contributed by atoms with van der Waals surface area (Å²) >= 11 is 0. The van der Waals surface area contributed by atoms with Gasteiger partial charge in [-0.2, -0.15) is 17.7 Å². The van der Waals surface area contributed by atoms with Crippen LogP contribution in [0.15, 0.2) is 12.1 Å². The number of nitrogens with zero attached hydrogens (tertiary/aromatic N) is 7. The summed E-state index contributed by atoms with van der Waals surface area (Å²) in [5.74, 6) is 0.943. The van der Waals surface area contributed by atoms with Crippen LogP contribution in [0, 0.1) is 6.92 Å². The summed E-state index contributed by atoms with van der Waals surface area (Å²) in [6, 6.07) is 3.08. The molecule has 8 nitrogen and oxygen atoms in total. The Kier molecular flexibility index (Phi) is 3.18. The second kappa shape index (κ2) is 5.14. The van der Waals surface area contributed by atoms with E-state index in [1.807, 2.05) is 11.5 Å². The Bertz CT molecular complexity index is 896. The molecule has 3 aromatic heterocycles. The van der Waals surface area contributed by atoms with Gasteiger partial charge in [0.2, 0.25) is 0 Å². The summed E-state index contributed by atoms with van der Waals surface area (Å²) in [5, 5.41) is 21.9. The quantitative estimate of drug-likeness (QED) is 0.762. The molecule has 0 aliphatic carbocycles. The van der Waals surface area contributed by atoms with Crippen molar-refractivity contribution < 1.29 is 13.2 Å². The lowest BCUT2D eigenvalue weighted by Crippen LogP contribution is -2.32. The van der Waals surface area contributed by atoms with Crippen molar-refractivity contribution in [3.8, 4) is 0 Å². The summed E-state index contributed by atoms with van der Waals surface area (Å²) in [7, 11) is 0. The number of alkyl halides is 3. The van der Waals surface area contributed by atoms with Gasteiger partial charge in [-0.05, 0) is 25.5 Å². The molecule has 0 bridgehead atoms. The Labute approximate surface area is 133 Å². The summed E-state index contributed by atoms with van der Waals surface area (Å²) in [6.45, 7) is 2.51. The van der Waals surface area contributed by atoms with Crippen molar-refractivity contribution in [2.24, 2.45) is 0 Å². The van der Waals surface area contributed by atoms with Crippen LogP contribution in [-0.2, 0) is 19.1 Å². The van der Waals surface area contributed by atoms with Gasteiger partial charge in [0.25, 0.3) is 5.82 Å². The third-order valence-electron chi connectivity index (χ3n) is 4.00. The van der Waals surface area contributed by atoms with Crippen molar-refractivity contribution in [3.63, 3.8) is 0 Å². The van der Waals surface area contributed by atoms with Crippen molar-refractivity contribution in [1.29, 1.82) is 0 Å². The number of aromatic nitrogens is 7. The molecule has 0 fully saturated rings. The van der Waals surface area contributed by atoms with E-state index in [2.05, 4.69) is 30.8 Å². The second-order valence-electron chi connectivity index (χ2n) is 5.66. The Balaban J connectivity index is 1.60. The van der Waals surface area contributed by atoms with Gasteiger partial charge >= 0.3 is 6.18 Å². The molecular weight excluding hydrogens is 325 g/mol. The van der Waals surface area contributed by atoms with Crippen LogP contribution >= 0.6 is 0 Å². The fourth-order valence-electron chi connectivity index (χ4n) is 2.83. The minimum Gasteiger partial charge on any atom is -0.364 e. The van der Waals surface area contributed by atoms with Crippen molar-refractivity contribution in [3.05, 3.63) is 29.6 Å². The van der Waals surface area contributed by atoms with E-state index >= 15 is 0 Å². The minimum atomic E-state index is -4.61. The average molecular weight is 338 g/mol. The average Bonchev–Trinajstić information content (AvgIpc) is 3.11. The van der Waals surface area contributed by atoms with E-state index in [9.17, 15) is 13.2 Å². The minimum absolute atomic E-state index is 0.0305. The highest BCUT2D eigenvalue weighted by Crippen LogP contribution is 2.27. The molecule has 1 aliphatic heterocycles. The second-order valence-corrected chi connectivity index (χ2v) is 5.66. The van der Waals surface area contributed by atoms with Gasteiger partial charge in [-0.25, -0.2) is 0 Å². The zero-order valence-corrected chi connectivity index (χ0v) is 12.6. The summed E-state index contributed by atoms with van der Waals surface area (Å²) < 4.78 is 41.5. The molecule has 1 unspecified atom stereocenters. The molecule has 0 saturated carbocycles. The molecule has 3 aromatic rings. The number of anilines is 1. The maximum Gasteiger partial charge on any atom is 0.453 e. The van der Waals surface area contributed by atoms with Crippen molar-refractivity contribution in [2.75, 3.05) is 5.32 Å². The van der Waals surface area contributed by atoms with Gasteiger partial charge in [0, 0.05) is 19.0 Å². The smallest absolute Gasteiger partial charge is 0.364 e. The highest BCUT2D eigenvalue weighted by Gasteiger charge is 2.37. The monoisotopic (exact) mass is 338 g/mol. The summed E-state index contributed by atoms with van der Waals surface area (Å²) in [4.78, 5) is 0. The molecule has 24 heavy (non-hydrogen) atoms. The van der Waals surface area contributed by atoms with Crippen LogP contribution in [0.5, 0.6) is 0 Å². The Morgan fingerprint density at radius 2 is 2.00 bits per heavy atom. The van der Waals surface area contributed by atoms with E-state index in [0.717, 1.165) is 24.5 Å². The van der Waals surface area contributed by atoms with Gasteiger partial charge in [-0.15, -0.1) is 25.5 Å². The zero-order chi connectivity index (χ0) is 16.9. The molecule has 4 rings (SSSR count). The van der Waals surface area contributed by atoms with Gasteiger partial charge in [0.15, 0.2) is 5.65 Å². The molecule has 11 heteroatoms. The maximum atomic E-state index is 12.9. The molecule has 0 radical (unpaired) electrons. The maximum absolute atomic E-state index is 12.9. The largest absolute Gasteiger partial charge is 0.453 e. The van der Waals surface area contributed by atoms with E-state index in [1.165, 1.54) is 6.07 Å². The molecule has 1 N–H and O–H groups in total. The van der Waals surface area contributed by atoms with Crippen LogP contribution in [0.25, 0.3) is 5.65 Å². The summed E-state index contributed by atoms with van der Waals surface area (Å²) in [5.41, 5.74) is 0.0495. The van der Waals surface area contributed by atoms with Gasteiger partial charge in [0.1, 0.15) is 17.5 Å². The Hall–Kier alpha value is -2.72. The number of aryl methyl sites for hydroxylation is 2. The first-order valence-electron chi connectivity index (χ1n) is 7.37. The predicted octanol–water partition coefficient (Wildman–Crippen LogP) is 1.47. The summed E-state index contributed by atoms with van der Waals surface area (Å²) in [6.07, 6.45) is -3.06. The van der Waals surface area contributed by atoms with Gasteiger partial charge in [0.05, 0.1) is 0 Å². The number of rotatable bonds is 2. The molecule has 126 valence electrons. The van der Waals surface area contributed by atoms with Crippen LogP contribution in [-0.4, -0.2) is 40.6 Å². The third kappa shape index (κ3) is 2.45. The fraction of sp³-hybridized carbons (Fsp3) is 0.462. The molecule has 0 saturated heterocycles. The molecule has 0 spiro atoms. The van der Waals surface area contributed by atoms with E-state index < -0.39 is 12.0 Å². The number of nitrogens with one attached hydrogen (secondary N) is 1. The normalized spacial score (nSPS) is 17.9. The SMILES string of the molecule is Cc1nnc2n1CC(Nc1ccc3nnc(C(F)(F)F)n3n1)CC2. The number of fused-ring (bicyclic) bond motifs is 2. The predicted molar refractivity (Wildman–Crippen MR) is 76.3 cm³/mol. The van der Waals surface area contributed by atoms with Crippen molar-refractivity contribution in [1.82, 2.24) is 34.6 Å². The van der Waals surface area contributed by atoms with E-state index in [1.54, 1.807) is 6.07 Å². The van der Waals surface area contributed by atoms with Gasteiger partial charge in [-0.1, -0.05) is 0 Å². The van der Waals surface area contributed by atoms with Gasteiger partial charge < -0.3 is 9.88 Å². The van der Waals surface area contributed by atoms with Crippen LogP contribution < -0.4 is 5.32 Å². The zero-order valence-electron chi connectivity index (χ0n) is 12.6. The fourth-order valence-corrected chi connectivity index (χ4v) is 2.83. The van der Waals surface area contributed by atoms with Crippen molar-refractivity contribution in [2.45, 2.75) is 38.5 Å². The number of halogens is 3. The highest BCUT2D eigenvalue weighted by molar-refractivity contribution is 5.44. The number of hydrogen-bond acceptors (Lipinski definition) is 6. The first kappa shape index (κ1) is 14.8. The van der Waals surface area contributed by atoms with E-state index in [4.69, 9.17) is 0 Å². The number of hydrogen-bond donors (Lipinski definition) is 1. The Morgan fingerprint density at radius 3 is 2.79 bits per heavy atom. The van der Waals surface area contributed by atoms with E-state index in [0.29, 0.717) is 16.9 Å². The van der Waals surface area contributed by atoms with Crippen LogP contribution in [0.1, 0.15) is 23.9 Å². The van der Waals surface area contributed by atoms with Gasteiger partial charge in [-0.3, -0.25) is 0 Å². The molecule has 0 aromatic carbocycles. The molecule has 1 atom stereocenters. The lowest BCUT2D eigenvalue weighted by Gasteiger charge is -2.25. The molecule has 1 aliphatic rings. The first-order chi connectivity index (χ1) is 11.4. The standard InChI is InChI=1S/C13H13F3N8/c1-7-18-19-10-4-2-8(6-23(7)10)17-9-3-5-11-20-21-12(13(14,15)16)24(11)22-9/h3,5,8H,2,4,6H2,1H3,(H,17,22). The topological polar surface area (TPSA) is 85.8 Å². The lowest BCUT2D eigenvalue weighted by atomic mass is 10.1. The first-order valence-corrected chi connectivity index (χ1v) is 7.37. The highest BCUT2D eigenvalue weighted by atomic mass is 19.4. The third-order valence-corrected chi connectivity index (χ3v) is 4.00. The van der Waals surface area contributed by atoms with Crippen LogP contribution in [0.3, 0.4) is 0 Å². The Morgan fingerprint density at radius 1 is 1.17 bits per heavy atom. The van der Waals surface area contributed by atoms with Crippen LogP contribution in [0.4, 0.5) is 19.0 Å². The van der Waals surface area contributed by atoms with Crippen LogP contribution in [0.2, 0.25) is 0 Å². The lowest BCUT2D eigenvalue weighted by molar-refractivity contribution is -0.146.